The quantitative estimate of drug-likeness (QED) is 0.0263. The van der Waals surface area contributed by atoms with Gasteiger partial charge in [0.15, 0.2) is 0 Å². The third-order valence-electron chi connectivity index (χ3n) is 13.3. The van der Waals surface area contributed by atoms with E-state index in [0.717, 1.165) is 101 Å². The second-order valence-corrected chi connectivity index (χ2v) is 26.7. The van der Waals surface area contributed by atoms with E-state index in [-0.39, 0.29) is 17.0 Å². The first-order valence-corrected chi connectivity index (χ1v) is 33.3. The number of hydrogen-bond donors (Lipinski definition) is 0. The molecule has 392 valence electrons. The molecule has 0 saturated carbocycles. The van der Waals surface area contributed by atoms with Crippen LogP contribution in [0, 0.1) is 0 Å². The molecule has 0 rings (SSSR count). The van der Waals surface area contributed by atoms with E-state index >= 15 is 0 Å². The van der Waals surface area contributed by atoms with Crippen molar-refractivity contribution in [1.29, 1.82) is 0 Å². The summed E-state index contributed by atoms with van der Waals surface area (Å²) in [7, 11) is 0.396. The minimum absolute atomic E-state index is 0. The average molecular weight is 1030 g/mol. The first-order valence-electron chi connectivity index (χ1n) is 28.3. The van der Waals surface area contributed by atoms with E-state index in [9.17, 15) is 0 Å². The second-order valence-electron chi connectivity index (χ2n) is 20.1. The molecule has 0 radical (unpaired) electrons. The van der Waals surface area contributed by atoms with Gasteiger partial charge in [-0.1, -0.05) is 134 Å². The van der Waals surface area contributed by atoms with Crippen molar-refractivity contribution >= 4 is 17.1 Å². The Hall–Kier alpha value is -0.366. The van der Waals surface area contributed by atoms with Gasteiger partial charge in [-0.15, -0.1) is 0 Å². The molecule has 0 fully saturated rings. The molecule has 0 aromatic rings. The SMILES string of the molecule is CCCCC/C=C\CCCO[Si](C)(CCCCN(C)CCC[N+](C)(CC)CCCC[Si](C)(OCCC/C=C\CCCCC)OCCC/C=C\CCCCC)OCCC/C=C\CCCCC.[Br-]. The number of unbranched alkanes of at least 4 members (excludes halogenated alkanes) is 18. The Morgan fingerprint density at radius 1 is 0.379 bits per heavy atom. The van der Waals surface area contributed by atoms with Crippen LogP contribution in [0.4, 0.5) is 0 Å². The Bertz CT molecular complexity index is 1070. The molecule has 66 heavy (non-hydrogen) atoms. The summed E-state index contributed by atoms with van der Waals surface area (Å²) < 4.78 is 27.8. The van der Waals surface area contributed by atoms with Gasteiger partial charge in [0.05, 0.1) is 26.7 Å². The molecule has 0 saturated heterocycles. The summed E-state index contributed by atoms with van der Waals surface area (Å²) in [4.78, 5) is 2.57. The summed E-state index contributed by atoms with van der Waals surface area (Å²) in [5.74, 6) is 0. The van der Waals surface area contributed by atoms with E-state index in [4.69, 9.17) is 17.7 Å². The zero-order valence-corrected chi connectivity index (χ0v) is 49.4. The van der Waals surface area contributed by atoms with Crippen molar-refractivity contribution in [2.75, 3.05) is 73.2 Å². The van der Waals surface area contributed by atoms with Gasteiger partial charge in [0.1, 0.15) is 0 Å². The van der Waals surface area contributed by atoms with E-state index in [2.05, 4.69) is 115 Å². The van der Waals surface area contributed by atoms with E-state index in [1.54, 1.807) is 0 Å². The lowest BCUT2D eigenvalue weighted by Crippen LogP contribution is -3.00. The summed E-state index contributed by atoms with van der Waals surface area (Å²) in [5.41, 5.74) is 0. The highest BCUT2D eigenvalue weighted by molar-refractivity contribution is 6.66. The molecular formula is C57H115BrN2O4Si2. The smallest absolute Gasteiger partial charge is 0.334 e. The molecule has 0 aliphatic carbocycles. The molecule has 6 nitrogen and oxygen atoms in total. The maximum absolute atomic E-state index is 6.68. The van der Waals surface area contributed by atoms with Crippen LogP contribution in [0.1, 0.15) is 221 Å². The first-order chi connectivity index (χ1) is 31.6. The molecule has 1 unspecified atom stereocenters. The molecule has 0 aromatic heterocycles. The van der Waals surface area contributed by atoms with Gasteiger partial charge in [0.25, 0.3) is 0 Å². The Labute approximate surface area is 426 Å². The number of quaternary nitrogens is 1. The number of halogens is 1. The molecule has 0 N–H and O–H groups in total. The van der Waals surface area contributed by atoms with Gasteiger partial charge in [0.2, 0.25) is 0 Å². The van der Waals surface area contributed by atoms with Crippen molar-refractivity contribution in [1.82, 2.24) is 4.90 Å². The molecule has 1 atom stereocenters. The molecule has 0 aliphatic heterocycles. The van der Waals surface area contributed by atoms with Crippen LogP contribution in [-0.4, -0.2) is 99.8 Å². The maximum atomic E-state index is 6.68. The normalized spacial score (nSPS) is 13.7. The van der Waals surface area contributed by atoms with Crippen LogP contribution in [-0.2, 0) is 17.7 Å². The summed E-state index contributed by atoms with van der Waals surface area (Å²) in [5, 5.41) is 0. The zero-order chi connectivity index (χ0) is 47.8. The summed E-state index contributed by atoms with van der Waals surface area (Å²) in [6.45, 7) is 25.5. The average Bonchev–Trinajstić information content (AvgIpc) is 3.30. The highest BCUT2D eigenvalue weighted by Crippen LogP contribution is 2.22. The number of allylic oxidation sites excluding steroid dienone is 8. The van der Waals surface area contributed by atoms with E-state index in [1.807, 2.05) is 0 Å². The van der Waals surface area contributed by atoms with Gasteiger partial charge < -0.3 is 44.1 Å². The maximum Gasteiger partial charge on any atom is 0.334 e. The van der Waals surface area contributed by atoms with Crippen LogP contribution < -0.4 is 17.0 Å². The van der Waals surface area contributed by atoms with Crippen LogP contribution in [0.3, 0.4) is 0 Å². The Morgan fingerprint density at radius 3 is 0.985 bits per heavy atom. The highest BCUT2D eigenvalue weighted by Gasteiger charge is 2.32. The van der Waals surface area contributed by atoms with E-state index in [1.165, 1.54) is 161 Å². The topological polar surface area (TPSA) is 40.2 Å². The van der Waals surface area contributed by atoms with E-state index < -0.39 is 17.1 Å². The van der Waals surface area contributed by atoms with Crippen molar-refractivity contribution in [2.45, 2.75) is 246 Å². The van der Waals surface area contributed by atoms with Crippen molar-refractivity contribution in [3.05, 3.63) is 48.6 Å². The van der Waals surface area contributed by atoms with Crippen molar-refractivity contribution < 1.29 is 39.2 Å². The lowest BCUT2D eigenvalue weighted by Gasteiger charge is -2.34. The largest absolute Gasteiger partial charge is 1.00 e. The molecule has 0 bridgehead atoms. The van der Waals surface area contributed by atoms with Gasteiger partial charge in [-0.25, -0.2) is 0 Å². The highest BCUT2D eigenvalue weighted by atomic mass is 79.9. The third kappa shape index (κ3) is 44.8. The van der Waals surface area contributed by atoms with Crippen LogP contribution in [0.25, 0.3) is 0 Å². The molecule has 9 heteroatoms. The first kappa shape index (κ1) is 67.7. The fourth-order valence-electron chi connectivity index (χ4n) is 8.35. The summed E-state index contributed by atoms with van der Waals surface area (Å²) in [6.07, 6.45) is 54.5. The Balaban J connectivity index is 0. The lowest BCUT2D eigenvalue weighted by molar-refractivity contribution is -0.908. The predicted octanol–water partition coefficient (Wildman–Crippen LogP) is 14.2. The summed E-state index contributed by atoms with van der Waals surface area (Å²) in [6, 6.07) is 2.20. The molecule has 0 spiro atoms. The van der Waals surface area contributed by atoms with Crippen molar-refractivity contribution in [2.24, 2.45) is 0 Å². The minimum atomic E-state index is -2.21. The fraction of sp³-hybridized carbons (Fsp3) is 0.860. The third-order valence-corrected chi connectivity index (χ3v) is 19.0. The van der Waals surface area contributed by atoms with Gasteiger partial charge in [-0.05, 0) is 168 Å². The molecule has 0 aromatic carbocycles. The second kappa shape index (κ2) is 49.6. The standard InChI is InChI=1S/C57H115N2O4Si2.BrH/c1-10-15-19-23-27-31-35-41-52-60-64(8,61-53-42-36-32-28-24-20-16-11-2)56-45-39-48-58(6)49-47-51-59(7,14-5)50-40-46-57-65(9,62-54-43-37-33-29-25-21-17-12-3)63-55-44-38-34-30-26-22-18-13-4;/h27-34H,10-26,35-57H2,1-9H3;1H/q+1;/p-1/b31-27-,32-28-,33-29-,34-30-;. The van der Waals surface area contributed by atoms with Crippen LogP contribution in [0.2, 0.25) is 25.2 Å². The molecular weight excluding hydrogens is 913 g/mol. The zero-order valence-electron chi connectivity index (χ0n) is 45.8. The number of nitrogens with zero attached hydrogens (tertiary/aromatic N) is 2. The van der Waals surface area contributed by atoms with Gasteiger partial charge in [0, 0.05) is 39.4 Å². The lowest BCUT2D eigenvalue weighted by atomic mass is 10.2. The Morgan fingerprint density at radius 2 is 0.667 bits per heavy atom. The summed E-state index contributed by atoms with van der Waals surface area (Å²) >= 11 is 0. The molecule has 0 aliphatic rings. The van der Waals surface area contributed by atoms with Gasteiger partial charge >= 0.3 is 17.1 Å². The van der Waals surface area contributed by atoms with Crippen molar-refractivity contribution in [3.8, 4) is 0 Å². The molecule has 0 heterocycles. The predicted molar refractivity (Wildman–Crippen MR) is 294 cm³/mol. The molecule has 0 amide bonds. The van der Waals surface area contributed by atoms with E-state index in [0.29, 0.717) is 0 Å². The van der Waals surface area contributed by atoms with Crippen LogP contribution in [0.15, 0.2) is 48.6 Å². The van der Waals surface area contributed by atoms with Crippen LogP contribution in [0.5, 0.6) is 0 Å². The van der Waals surface area contributed by atoms with Crippen molar-refractivity contribution in [3.63, 3.8) is 0 Å². The number of hydrogen-bond acceptors (Lipinski definition) is 5. The minimum Gasteiger partial charge on any atom is -1.00 e. The Kier molecular flexibility index (Phi) is 50.9. The monoisotopic (exact) mass is 1030 g/mol. The van der Waals surface area contributed by atoms with Gasteiger partial charge in [-0.2, -0.15) is 0 Å². The number of rotatable bonds is 51. The fourth-order valence-corrected chi connectivity index (χ4v) is 13.2. The van der Waals surface area contributed by atoms with Gasteiger partial charge in [-0.3, -0.25) is 0 Å². The van der Waals surface area contributed by atoms with Crippen LogP contribution >= 0.6 is 0 Å².